The van der Waals surface area contributed by atoms with Crippen molar-refractivity contribution in [3.63, 3.8) is 0 Å². The van der Waals surface area contributed by atoms with E-state index in [1.165, 1.54) is 9.80 Å². The molecule has 0 radical (unpaired) electrons. The Kier molecular flexibility index (Phi) is 22.1. The van der Waals surface area contributed by atoms with E-state index in [9.17, 15) is 33.9 Å². The molecule has 0 aromatic heterocycles. The zero-order valence-electron chi connectivity index (χ0n) is 42.5. The third-order valence-corrected chi connectivity index (χ3v) is 12.5. The molecule has 7 aromatic rings. The summed E-state index contributed by atoms with van der Waals surface area (Å²) in [5, 5.41) is 9.46. The van der Waals surface area contributed by atoms with Gasteiger partial charge in [-0.05, 0) is 88.9 Å². The number of nitrogens with zero attached hydrogens (tertiary/aromatic N) is 2. The van der Waals surface area contributed by atoms with Gasteiger partial charge in [0.25, 0.3) is 0 Å². The number of carboxylic acids is 1. The van der Waals surface area contributed by atoms with Gasteiger partial charge in [0.05, 0.1) is 14.2 Å². The molecule has 0 aliphatic rings. The molecular formula is C63H64N2O10. The number of methoxy groups -OCH3 is 2. The number of rotatable bonds is 26. The second-order valence-electron chi connectivity index (χ2n) is 18.0. The molecule has 0 saturated heterocycles. The molecule has 0 aliphatic heterocycles. The lowest BCUT2D eigenvalue weighted by Gasteiger charge is -2.27. The van der Waals surface area contributed by atoms with Crippen LogP contribution in [0.4, 0.5) is 0 Å². The van der Waals surface area contributed by atoms with Crippen LogP contribution in [0.1, 0.15) is 51.8 Å². The third kappa shape index (κ3) is 18.7. The molecule has 386 valence electrons. The Morgan fingerprint density at radius 2 is 0.747 bits per heavy atom. The van der Waals surface area contributed by atoms with E-state index in [1.54, 1.807) is 50.6 Å². The number of benzene rings is 7. The molecule has 2 atom stereocenters. The highest BCUT2D eigenvalue weighted by atomic mass is 16.5. The van der Waals surface area contributed by atoms with Crippen LogP contribution in [0.5, 0.6) is 11.5 Å². The molecule has 12 heteroatoms. The Labute approximate surface area is 439 Å². The maximum atomic E-state index is 14.1. The van der Waals surface area contributed by atoms with Gasteiger partial charge in [-0.15, -0.1) is 0 Å². The van der Waals surface area contributed by atoms with Crippen LogP contribution in [0.3, 0.4) is 0 Å². The topological polar surface area (TPSA) is 157 Å². The zero-order chi connectivity index (χ0) is 53.2. The van der Waals surface area contributed by atoms with Crippen molar-refractivity contribution in [1.82, 2.24) is 9.80 Å². The monoisotopic (exact) mass is 1010 g/mol. The molecular weight excluding hydrogens is 945 g/mol. The van der Waals surface area contributed by atoms with Crippen molar-refractivity contribution in [2.75, 3.05) is 27.3 Å². The van der Waals surface area contributed by atoms with Crippen LogP contribution in [0.15, 0.2) is 200 Å². The van der Waals surface area contributed by atoms with Gasteiger partial charge in [0.2, 0.25) is 11.8 Å². The lowest BCUT2D eigenvalue weighted by atomic mass is 9.90. The number of carbonyl (C=O) groups excluding carboxylic acids is 5. The Balaban J connectivity index is 0.000000248. The van der Waals surface area contributed by atoms with Crippen molar-refractivity contribution >= 4 is 35.3 Å². The first-order valence-corrected chi connectivity index (χ1v) is 24.9. The van der Waals surface area contributed by atoms with Crippen LogP contribution in [0, 0.1) is 11.8 Å². The maximum absolute atomic E-state index is 14.1. The standard InChI is InChI=1S/C35H35NO5.C28H29NO5/c1-40-31-20-17-29(18-21-31)24-36(25-34(38)41-26-30-15-9-4-10-16-30)35(39)32(23-28-13-7-3-8-14-28)33(37)22-19-27-11-5-2-6-12-27;1-34-24-15-12-23(13-16-24)19-29(20-27(31)32)28(33)25(18-22-10-6-3-7-11-22)26(30)17-14-21-8-4-2-5-9-21/h2-18,20-21,32H,19,22-26H2,1H3;2-13,15-16,25H,14,17-20H2,1H3,(H,31,32). The van der Waals surface area contributed by atoms with Crippen molar-refractivity contribution in [3.8, 4) is 11.5 Å². The molecule has 0 fully saturated rings. The zero-order valence-corrected chi connectivity index (χ0v) is 42.5. The summed E-state index contributed by atoms with van der Waals surface area (Å²) in [5.41, 5.74) is 6.21. The van der Waals surface area contributed by atoms with Crippen molar-refractivity contribution < 1.29 is 48.1 Å². The predicted molar refractivity (Wildman–Crippen MR) is 288 cm³/mol. The van der Waals surface area contributed by atoms with Crippen molar-refractivity contribution in [3.05, 3.63) is 239 Å². The van der Waals surface area contributed by atoms with Crippen LogP contribution in [0.2, 0.25) is 0 Å². The van der Waals surface area contributed by atoms with E-state index >= 15 is 0 Å². The average molecular weight is 1010 g/mol. The Bertz CT molecular complexity index is 2870. The van der Waals surface area contributed by atoms with Gasteiger partial charge in [-0.1, -0.05) is 176 Å². The number of aryl methyl sites for hydroxylation is 2. The predicted octanol–water partition coefficient (Wildman–Crippen LogP) is 10.00. The van der Waals surface area contributed by atoms with Crippen LogP contribution >= 0.6 is 0 Å². The summed E-state index contributed by atoms with van der Waals surface area (Å²) in [7, 11) is 3.15. The summed E-state index contributed by atoms with van der Waals surface area (Å²) in [6, 6.07) is 62.0. The lowest BCUT2D eigenvalue weighted by molar-refractivity contribution is -0.153. The normalized spacial score (nSPS) is 11.4. The Morgan fingerprint density at radius 1 is 0.413 bits per heavy atom. The highest BCUT2D eigenvalue weighted by molar-refractivity contribution is 6.03. The molecule has 2 unspecified atom stereocenters. The smallest absolute Gasteiger partial charge is 0.325 e. The van der Waals surface area contributed by atoms with Gasteiger partial charge < -0.3 is 29.1 Å². The summed E-state index contributed by atoms with van der Waals surface area (Å²) in [5.74, 6) is -3.40. The number of hydrogen-bond donors (Lipinski definition) is 1. The fraction of sp³-hybridized carbons (Fsp3) is 0.238. The molecule has 75 heavy (non-hydrogen) atoms. The second-order valence-corrected chi connectivity index (χ2v) is 18.0. The number of Topliss-reactive ketones (excluding diaryl/α,β-unsaturated/α-hetero) is 2. The van der Waals surface area contributed by atoms with E-state index in [0.717, 1.165) is 38.9 Å². The van der Waals surface area contributed by atoms with Crippen LogP contribution in [-0.2, 0) is 78.9 Å². The van der Waals surface area contributed by atoms with Gasteiger partial charge in [-0.25, -0.2) is 0 Å². The highest BCUT2D eigenvalue weighted by Crippen LogP contribution is 2.22. The quantitative estimate of drug-likeness (QED) is 0.0409. The van der Waals surface area contributed by atoms with Gasteiger partial charge in [0.1, 0.15) is 54.6 Å². The highest BCUT2D eigenvalue weighted by Gasteiger charge is 2.33. The van der Waals surface area contributed by atoms with Crippen LogP contribution in [-0.4, -0.2) is 77.5 Å². The summed E-state index contributed by atoms with van der Waals surface area (Å²) in [4.78, 5) is 81.8. The molecule has 1 N–H and O–H groups in total. The number of amides is 2. The fourth-order valence-corrected chi connectivity index (χ4v) is 8.42. The molecule has 0 saturated carbocycles. The van der Waals surface area contributed by atoms with Gasteiger partial charge in [-0.2, -0.15) is 0 Å². The van der Waals surface area contributed by atoms with E-state index in [1.807, 2.05) is 164 Å². The van der Waals surface area contributed by atoms with Crippen molar-refractivity contribution in [1.29, 1.82) is 0 Å². The Hall–Kier alpha value is -8.64. The minimum absolute atomic E-state index is 0.0897. The van der Waals surface area contributed by atoms with E-state index < -0.39 is 36.2 Å². The lowest BCUT2D eigenvalue weighted by Crippen LogP contribution is -2.43. The molecule has 7 rings (SSSR count). The molecule has 0 heterocycles. The molecule has 2 amide bonds. The minimum Gasteiger partial charge on any atom is -0.497 e. The number of ether oxygens (including phenoxy) is 3. The van der Waals surface area contributed by atoms with E-state index in [0.29, 0.717) is 24.3 Å². The molecule has 7 aromatic carbocycles. The number of hydrogen-bond acceptors (Lipinski definition) is 9. The van der Waals surface area contributed by atoms with E-state index in [2.05, 4.69) is 0 Å². The van der Waals surface area contributed by atoms with Gasteiger partial charge >= 0.3 is 11.9 Å². The summed E-state index contributed by atoms with van der Waals surface area (Å²) in [6.45, 7) is -0.405. The van der Waals surface area contributed by atoms with Crippen LogP contribution in [0.25, 0.3) is 0 Å². The minimum atomic E-state index is -1.13. The van der Waals surface area contributed by atoms with E-state index in [-0.39, 0.29) is 69.4 Å². The van der Waals surface area contributed by atoms with E-state index in [4.69, 9.17) is 14.2 Å². The van der Waals surface area contributed by atoms with Crippen molar-refractivity contribution in [2.24, 2.45) is 11.8 Å². The van der Waals surface area contributed by atoms with Gasteiger partial charge in [0.15, 0.2) is 0 Å². The molecule has 0 bridgehead atoms. The number of carbonyl (C=O) groups is 6. The average Bonchev–Trinajstić information content (AvgIpc) is 3.45. The summed E-state index contributed by atoms with van der Waals surface area (Å²) in [6.07, 6.45) is 1.97. The fourth-order valence-electron chi connectivity index (χ4n) is 8.42. The van der Waals surface area contributed by atoms with Crippen molar-refractivity contribution in [2.45, 2.75) is 58.2 Å². The first kappa shape index (κ1) is 55.7. The van der Waals surface area contributed by atoms with Gasteiger partial charge in [-0.3, -0.25) is 28.8 Å². The molecule has 0 aliphatic carbocycles. The first-order valence-electron chi connectivity index (χ1n) is 24.9. The number of aliphatic carboxylic acids is 1. The SMILES string of the molecule is COc1ccc(CN(CC(=O)O)C(=O)C(Cc2ccccc2)C(=O)CCc2ccccc2)cc1.COc1ccc(CN(CC(=O)OCc2ccccc2)C(=O)C(Cc2ccccc2)C(=O)CCc2ccccc2)cc1. The largest absolute Gasteiger partial charge is 0.497 e. The molecule has 0 spiro atoms. The van der Waals surface area contributed by atoms with Crippen LogP contribution < -0.4 is 9.47 Å². The number of esters is 1. The summed E-state index contributed by atoms with van der Waals surface area (Å²) >= 11 is 0. The van der Waals surface area contributed by atoms with Gasteiger partial charge in [0, 0.05) is 25.9 Å². The first-order chi connectivity index (χ1) is 36.5. The number of carboxylic acid groups (broad SMARTS) is 1. The maximum Gasteiger partial charge on any atom is 0.325 e. The molecule has 12 nitrogen and oxygen atoms in total. The second kappa shape index (κ2) is 29.8. The summed E-state index contributed by atoms with van der Waals surface area (Å²) < 4.78 is 15.9. The number of ketones is 2. The Morgan fingerprint density at radius 3 is 1.09 bits per heavy atom. The third-order valence-electron chi connectivity index (χ3n) is 12.5.